The minimum atomic E-state index is -0.486. The van der Waals surface area contributed by atoms with Crippen LogP contribution in [0.1, 0.15) is 49.5 Å². The average molecular weight is 331 g/mol. The van der Waals surface area contributed by atoms with Gasteiger partial charge in [0.2, 0.25) is 0 Å². The number of likely N-dealkylation sites (tertiary alicyclic amines) is 1. The van der Waals surface area contributed by atoms with Crippen LogP contribution < -0.4 is 5.73 Å². The highest BCUT2D eigenvalue weighted by molar-refractivity contribution is 5.99. The number of benzene rings is 1. The first-order valence-electron chi connectivity index (χ1n) is 8.42. The molecule has 6 nitrogen and oxygen atoms in total. The second-order valence-corrected chi connectivity index (χ2v) is 7.55. The van der Waals surface area contributed by atoms with Crippen molar-refractivity contribution in [2.24, 2.45) is 0 Å². The number of piperidine rings is 1. The molecule has 2 aliphatic heterocycles. The van der Waals surface area contributed by atoms with Gasteiger partial charge in [0.1, 0.15) is 5.60 Å². The number of nitrogen functional groups attached to an aromatic ring is 1. The fourth-order valence-electron chi connectivity index (χ4n) is 3.34. The number of fused-ring (bicyclic) bond motifs is 1. The highest BCUT2D eigenvalue weighted by Crippen LogP contribution is 2.30. The van der Waals surface area contributed by atoms with Crippen molar-refractivity contribution < 1.29 is 14.3 Å². The summed E-state index contributed by atoms with van der Waals surface area (Å²) in [7, 11) is 0. The molecule has 1 aromatic carbocycles. The minimum absolute atomic E-state index is 0.0701. The summed E-state index contributed by atoms with van der Waals surface area (Å²) in [5.74, 6) is 0.0701. The SMILES string of the molecule is CC(C)(C)OC(=O)N1CCC(N2Cc3cc(N)ccc3C2=O)CC1. The summed E-state index contributed by atoms with van der Waals surface area (Å²) in [6, 6.07) is 5.61. The Kier molecular flexibility index (Phi) is 4.15. The van der Waals surface area contributed by atoms with Crippen LogP contribution in [0.25, 0.3) is 0 Å². The van der Waals surface area contributed by atoms with Gasteiger partial charge in [-0.05, 0) is 57.4 Å². The molecule has 3 rings (SSSR count). The monoisotopic (exact) mass is 331 g/mol. The number of nitrogens with two attached hydrogens (primary N) is 1. The molecule has 2 N–H and O–H groups in total. The maximum atomic E-state index is 12.6. The number of hydrogen-bond acceptors (Lipinski definition) is 4. The average Bonchev–Trinajstić information content (AvgIpc) is 2.82. The minimum Gasteiger partial charge on any atom is -0.444 e. The van der Waals surface area contributed by atoms with Crippen molar-refractivity contribution in [2.75, 3.05) is 18.8 Å². The summed E-state index contributed by atoms with van der Waals surface area (Å²) in [6.07, 6.45) is 1.27. The van der Waals surface area contributed by atoms with Crippen molar-refractivity contribution >= 4 is 17.7 Å². The first kappa shape index (κ1) is 16.6. The van der Waals surface area contributed by atoms with Gasteiger partial charge >= 0.3 is 6.09 Å². The van der Waals surface area contributed by atoms with E-state index in [0.717, 1.165) is 24.0 Å². The fraction of sp³-hybridized carbons (Fsp3) is 0.556. The van der Waals surface area contributed by atoms with Crippen LogP contribution in [-0.2, 0) is 11.3 Å². The Hall–Kier alpha value is -2.24. The number of rotatable bonds is 1. The van der Waals surface area contributed by atoms with Crippen molar-refractivity contribution in [3.8, 4) is 0 Å². The van der Waals surface area contributed by atoms with Crippen LogP contribution >= 0.6 is 0 Å². The Morgan fingerprint density at radius 2 is 1.92 bits per heavy atom. The summed E-state index contributed by atoms with van der Waals surface area (Å²) < 4.78 is 5.42. The molecule has 0 unspecified atom stereocenters. The van der Waals surface area contributed by atoms with Gasteiger partial charge in [-0.25, -0.2) is 4.79 Å². The highest BCUT2D eigenvalue weighted by Gasteiger charge is 2.36. The number of hydrogen-bond donors (Lipinski definition) is 1. The summed E-state index contributed by atoms with van der Waals surface area (Å²) in [5.41, 5.74) is 7.76. The van der Waals surface area contributed by atoms with Crippen LogP contribution in [0.15, 0.2) is 18.2 Å². The number of carbonyl (C=O) groups excluding carboxylic acids is 2. The Morgan fingerprint density at radius 3 is 2.54 bits per heavy atom. The molecule has 0 spiro atoms. The lowest BCUT2D eigenvalue weighted by Crippen LogP contribution is -2.48. The van der Waals surface area contributed by atoms with E-state index in [2.05, 4.69) is 0 Å². The summed E-state index contributed by atoms with van der Waals surface area (Å²) in [6.45, 7) is 7.43. The molecule has 1 aromatic rings. The van der Waals surface area contributed by atoms with E-state index in [1.807, 2.05) is 37.8 Å². The van der Waals surface area contributed by atoms with Gasteiger partial charge in [-0.3, -0.25) is 4.79 Å². The van der Waals surface area contributed by atoms with E-state index >= 15 is 0 Å². The molecule has 1 fully saturated rings. The van der Waals surface area contributed by atoms with Gasteiger partial charge < -0.3 is 20.3 Å². The normalized spacial score (nSPS) is 18.7. The van der Waals surface area contributed by atoms with Gasteiger partial charge in [0.25, 0.3) is 5.91 Å². The topological polar surface area (TPSA) is 75.9 Å². The molecule has 6 heteroatoms. The maximum absolute atomic E-state index is 12.6. The van der Waals surface area contributed by atoms with Crippen LogP contribution in [0.5, 0.6) is 0 Å². The van der Waals surface area contributed by atoms with E-state index in [-0.39, 0.29) is 18.0 Å². The Bertz CT molecular complexity index is 658. The third kappa shape index (κ3) is 3.32. The predicted molar refractivity (Wildman–Crippen MR) is 91.6 cm³/mol. The predicted octanol–water partition coefficient (Wildman–Crippen LogP) is 2.62. The van der Waals surface area contributed by atoms with Crippen LogP contribution in [0, 0.1) is 0 Å². The zero-order valence-electron chi connectivity index (χ0n) is 14.5. The van der Waals surface area contributed by atoms with E-state index in [1.54, 1.807) is 11.0 Å². The van der Waals surface area contributed by atoms with Gasteiger partial charge in [-0.2, -0.15) is 0 Å². The molecule has 2 heterocycles. The number of carbonyl (C=O) groups is 2. The zero-order chi connectivity index (χ0) is 17.5. The molecule has 0 bridgehead atoms. The molecular weight excluding hydrogens is 306 g/mol. The van der Waals surface area contributed by atoms with Crippen LogP contribution in [0.2, 0.25) is 0 Å². The fourth-order valence-corrected chi connectivity index (χ4v) is 3.34. The molecule has 1 saturated heterocycles. The zero-order valence-corrected chi connectivity index (χ0v) is 14.5. The first-order valence-corrected chi connectivity index (χ1v) is 8.42. The first-order chi connectivity index (χ1) is 11.2. The standard InChI is InChI=1S/C18H25N3O3/c1-18(2,3)24-17(23)20-8-6-14(7-9-20)21-11-12-10-13(19)4-5-15(12)16(21)22/h4-5,10,14H,6-9,11,19H2,1-3H3. The Balaban J connectivity index is 1.60. The summed E-state index contributed by atoms with van der Waals surface area (Å²) in [4.78, 5) is 28.4. The van der Waals surface area contributed by atoms with E-state index in [1.165, 1.54) is 0 Å². The number of amides is 2. The Labute approximate surface area is 142 Å². The molecule has 130 valence electrons. The van der Waals surface area contributed by atoms with E-state index < -0.39 is 5.60 Å². The van der Waals surface area contributed by atoms with Gasteiger partial charge in [-0.15, -0.1) is 0 Å². The van der Waals surface area contributed by atoms with Crippen molar-refractivity contribution in [3.63, 3.8) is 0 Å². The lowest BCUT2D eigenvalue weighted by molar-refractivity contribution is 0.0148. The van der Waals surface area contributed by atoms with Crippen molar-refractivity contribution in [2.45, 2.75) is 51.8 Å². The highest BCUT2D eigenvalue weighted by atomic mass is 16.6. The van der Waals surface area contributed by atoms with Crippen molar-refractivity contribution in [1.82, 2.24) is 9.80 Å². The third-order valence-corrected chi connectivity index (χ3v) is 4.52. The molecule has 2 amide bonds. The van der Waals surface area contributed by atoms with Crippen LogP contribution in [-0.4, -0.2) is 46.5 Å². The molecule has 0 atom stereocenters. The van der Waals surface area contributed by atoms with Gasteiger partial charge in [-0.1, -0.05) is 0 Å². The van der Waals surface area contributed by atoms with Crippen LogP contribution in [0.4, 0.5) is 10.5 Å². The maximum Gasteiger partial charge on any atom is 0.410 e. The molecule has 0 aliphatic carbocycles. The van der Waals surface area contributed by atoms with E-state index in [0.29, 0.717) is 25.3 Å². The lowest BCUT2D eigenvalue weighted by atomic mass is 10.0. The lowest BCUT2D eigenvalue weighted by Gasteiger charge is -2.37. The molecule has 0 radical (unpaired) electrons. The number of anilines is 1. The van der Waals surface area contributed by atoms with Gasteiger partial charge in [0.15, 0.2) is 0 Å². The van der Waals surface area contributed by atoms with E-state index in [9.17, 15) is 9.59 Å². The number of nitrogens with zero attached hydrogens (tertiary/aromatic N) is 2. The number of ether oxygens (including phenoxy) is 1. The molecular formula is C18H25N3O3. The third-order valence-electron chi connectivity index (χ3n) is 4.52. The Morgan fingerprint density at radius 1 is 1.25 bits per heavy atom. The summed E-state index contributed by atoms with van der Waals surface area (Å²) >= 11 is 0. The molecule has 0 saturated carbocycles. The molecule has 2 aliphatic rings. The van der Waals surface area contributed by atoms with Gasteiger partial charge in [0.05, 0.1) is 0 Å². The van der Waals surface area contributed by atoms with Crippen LogP contribution in [0.3, 0.4) is 0 Å². The molecule has 0 aromatic heterocycles. The van der Waals surface area contributed by atoms with E-state index in [4.69, 9.17) is 10.5 Å². The second kappa shape index (κ2) is 6.00. The quantitative estimate of drug-likeness (QED) is 0.803. The smallest absolute Gasteiger partial charge is 0.410 e. The van der Waals surface area contributed by atoms with Crippen molar-refractivity contribution in [3.05, 3.63) is 29.3 Å². The van der Waals surface area contributed by atoms with Crippen molar-refractivity contribution in [1.29, 1.82) is 0 Å². The molecule has 24 heavy (non-hydrogen) atoms. The van der Waals surface area contributed by atoms with Gasteiger partial charge in [0, 0.05) is 36.9 Å². The summed E-state index contributed by atoms with van der Waals surface area (Å²) in [5, 5.41) is 0. The second-order valence-electron chi connectivity index (χ2n) is 7.55. The largest absolute Gasteiger partial charge is 0.444 e.